The van der Waals surface area contributed by atoms with Crippen LogP contribution >= 0.6 is 0 Å². The smallest absolute Gasteiger partial charge is 0.0955 e. The van der Waals surface area contributed by atoms with E-state index < -0.39 is 0 Å². The van der Waals surface area contributed by atoms with Gasteiger partial charge in [0.05, 0.1) is 17.4 Å². The third-order valence-corrected chi connectivity index (χ3v) is 3.65. The van der Waals surface area contributed by atoms with Crippen molar-refractivity contribution in [1.82, 2.24) is 14.5 Å². The number of hydrogen-bond donors (Lipinski definition) is 1. The lowest BCUT2D eigenvalue weighted by Gasteiger charge is -2.25. The molecule has 2 N–H and O–H groups in total. The first kappa shape index (κ1) is 14.0. The number of rotatable bonds is 5. The molecule has 2 atom stereocenters. The Morgan fingerprint density at radius 2 is 2.05 bits per heavy atom. The molecule has 2 unspecified atom stereocenters. The molecule has 0 aliphatic carbocycles. The summed E-state index contributed by atoms with van der Waals surface area (Å²) in [6.07, 6.45) is 3.97. The lowest BCUT2D eigenvalue weighted by Crippen LogP contribution is -2.23. The molecule has 0 bridgehead atoms. The monoisotopic (exact) mass is 260 g/mol. The van der Waals surface area contributed by atoms with Gasteiger partial charge in [0.1, 0.15) is 0 Å². The van der Waals surface area contributed by atoms with Gasteiger partial charge < -0.3 is 15.2 Å². The summed E-state index contributed by atoms with van der Waals surface area (Å²) in [5, 5.41) is 0. The Morgan fingerprint density at radius 1 is 1.32 bits per heavy atom. The van der Waals surface area contributed by atoms with E-state index in [1.165, 1.54) is 11.1 Å². The van der Waals surface area contributed by atoms with Gasteiger partial charge in [0, 0.05) is 19.1 Å². The van der Waals surface area contributed by atoms with E-state index in [2.05, 4.69) is 49.1 Å². The molecule has 104 valence electrons. The molecule has 1 heterocycles. The molecule has 0 saturated carbocycles. The Balaban J connectivity index is 2.28. The molecule has 1 aromatic heterocycles. The molecule has 0 amide bonds. The molecule has 4 heteroatoms. The van der Waals surface area contributed by atoms with Gasteiger partial charge in [-0.05, 0) is 51.6 Å². The van der Waals surface area contributed by atoms with Crippen molar-refractivity contribution < 1.29 is 0 Å². The van der Waals surface area contributed by atoms with Crippen LogP contribution in [-0.2, 0) is 7.05 Å². The van der Waals surface area contributed by atoms with Crippen molar-refractivity contribution >= 4 is 11.0 Å². The van der Waals surface area contributed by atoms with E-state index in [1.54, 1.807) is 0 Å². The molecule has 0 aliphatic heterocycles. The van der Waals surface area contributed by atoms with Gasteiger partial charge in [0.15, 0.2) is 0 Å². The molecule has 0 fully saturated rings. The molecular weight excluding hydrogens is 236 g/mol. The van der Waals surface area contributed by atoms with Crippen molar-refractivity contribution in [3.63, 3.8) is 0 Å². The van der Waals surface area contributed by atoms with E-state index in [1.807, 2.05) is 17.9 Å². The summed E-state index contributed by atoms with van der Waals surface area (Å²) in [7, 11) is 6.26. The van der Waals surface area contributed by atoms with E-state index >= 15 is 0 Å². The van der Waals surface area contributed by atoms with E-state index in [0.717, 1.165) is 18.4 Å². The lowest BCUT2D eigenvalue weighted by atomic mass is 9.98. The lowest BCUT2D eigenvalue weighted by molar-refractivity contribution is 0.275. The van der Waals surface area contributed by atoms with Gasteiger partial charge in [-0.15, -0.1) is 0 Å². The zero-order valence-electron chi connectivity index (χ0n) is 12.3. The van der Waals surface area contributed by atoms with Crippen molar-refractivity contribution in [1.29, 1.82) is 0 Å². The van der Waals surface area contributed by atoms with E-state index in [9.17, 15) is 0 Å². The largest absolute Gasteiger partial charge is 0.334 e. The molecule has 4 nitrogen and oxygen atoms in total. The van der Waals surface area contributed by atoms with Crippen molar-refractivity contribution in [2.75, 3.05) is 14.1 Å². The molecule has 1 aromatic carbocycles. The van der Waals surface area contributed by atoms with Gasteiger partial charge >= 0.3 is 0 Å². The Hall–Kier alpha value is -1.39. The van der Waals surface area contributed by atoms with Crippen molar-refractivity contribution in [3.05, 3.63) is 30.1 Å². The highest BCUT2D eigenvalue weighted by molar-refractivity contribution is 5.76. The molecule has 0 saturated heterocycles. The second kappa shape index (κ2) is 5.72. The number of imidazole rings is 1. The van der Waals surface area contributed by atoms with Crippen LogP contribution in [0, 0.1) is 0 Å². The highest BCUT2D eigenvalue weighted by atomic mass is 15.1. The number of nitrogens with zero attached hydrogens (tertiary/aromatic N) is 3. The number of fused-ring (bicyclic) bond motifs is 1. The second-order valence-electron chi connectivity index (χ2n) is 5.64. The normalized spacial score (nSPS) is 15.1. The molecule has 0 aliphatic rings. The van der Waals surface area contributed by atoms with Crippen LogP contribution in [0.1, 0.15) is 31.4 Å². The second-order valence-corrected chi connectivity index (χ2v) is 5.64. The Bertz CT molecular complexity index is 542. The van der Waals surface area contributed by atoms with Gasteiger partial charge in [-0.25, -0.2) is 4.98 Å². The van der Waals surface area contributed by atoms with Crippen LogP contribution in [0.5, 0.6) is 0 Å². The topological polar surface area (TPSA) is 47.1 Å². The quantitative estimate of drug-likeness (QED) is 0.897. The Kier molecular flexibility index (Phi) is 4.22. The number of benzene rings is 1. The minimum atomic E-state index is 0.251. The van der Waals surface area contributed by atoms with Crippen LogP contribution in [0.3, 0.4) is 0 Å². The summed E-state index contributed by atoms with van der Waals surface area (Å²) in [4.78, 5) is 6.69. The fourth-order valence-corrected chi connectivity index (χ4v) is 2.50. The maximum atomic E-state index is 5.88. The molecule has 2 rings (SSSR count). The average Bonchev–Trinajstić information content (AvgIpc) is 2.70. The Morgan fingerprint density at radius 3 is 2.68 bits per heavy atom. The van der Waals surface area contributed by atoms with Gasteiger partial charge in [-0.2, -0.15) is 0 Å². The molecular formula is C15H24N4. The maximum Gasteiger partial charge on any atom is 0.0955 e. The first-order chi connectivity index (χ1) is 8.99. The maximum absolute atomic E-state index is 5.88. The highest BCUT2D eigenvalue weighted by Gasteiger charge is 2.15. The first-order valence-electron chi connectivity index (χ1n) is 6.82. The zero-order valence-corrected chi connectivity index (χ0v) is 12.3. The molecule has 0 spiro atoms. The summed E-state index contributed by atoms with van der Waals surface area (Å²) in [5.74, 6) is 0. The minimum absolute atomic E-state index is 0.251. The summed E-state index contributed by atoms with van der Waals surface area (Å²) in [6.45, 7) is 2.06. The van der Waals surface area contributed by atoms with Crippen LogP contribution < -0.4 is 5.73 Å². The highest BCUT2D eigenvalue weighted by Crippen LogP contribution is 2.26. The van der Waals surface area contributed by atoms with Crippen molar-refractivity contribution in [2.45, 2.75) is 31.8 Å². The van der Waals surface area contributed by atoms with Crippen LogP contribution in [0.15, 0.2) is 24.5 Å². The summed E-state index contributed by atoms with van der Waals surface area (Å²) in [5.41, 5.74) is 9.43. The molecule has 19 heavy (non-hydrogen) atoms. The standard InChI is InChI=1S/C15H24N4/c1-11(16)5-7-14(18(2)3)12-6-8-15-13(9-12)17-10-19(15)4/h6,8-11,14H,5,7,16H2,1-4H3. The van der Waals surface area contributed by atoms with Crippen LogP contribution in [0.2, 0.25) is 0 Å². The van der Waals surface area contributed by atoms with Gasteiger partial charge in [-0.1, -0.05) is 6.07 Å². The van der Waals surface area contributed by atoms with Crippen LogP contribution in [0.25, 0.3) is 11.0 Å². The zero-order chi connectivity index (χ0) is 14.0. The number of aryl methyl sites for hydroxylation is 1. The van der Waals surface area contributed by atoms with E-state index in [-0.39, 0.29) is 6.04 Å². The third kappa shape index (κ3) is 3.14. The molecule has 0 radical (unpaired) electrons. The van der Waals surface area contributed by atoms with Gasteiger partial charge in [0.2, 0.25) is 0 Å². The van der Waals surface area contributed by atoms with Crippen molar-refractivity contribution in [3.8, 4) is 0 Å². The average molecular weight is 260 g/mol. The number of nitrogens with two attached hydrogens (primary N) is 1. The predicted molar refractivity (Wildman–Crippen MR) is 80.0 cm³/mol. The van der Waals surface area contributed by atoms with E-state index in [0.29, 0.717) is 6.04 Å². The fourth-order valence-electron chi connectivity index (χ4n) is 2.50. The fraction of sp³-hybridized carbons (Fsp3) is 0.533. The minimum Gasteiger partial charge on any atom is -0.334 e. The summed E-state index contributed by atoms with van der Waals surface area (Å²) >= 11 is 0. The SMILES string of the molecule is CC(N)CCC(c1ccc2c(c1)ncn2C)N(C)C. The van der Waals surface area contributed by atoms with Gasteiger partial charge in [-0.3, -0.25) is 0 Å². The Labute approximate surface area is 115 Å². The number of aromatic nitrogens is 2. The van der Waals surface area contributed by atoms with E-state index in [4.69, 9.17) is 5.73 Å². The number of hydrogen-bond acceptors (Lipinski definition) is 3. The molecule has 2 aromatic rings. The third-order valence-electron chi connectivity index (χ3n) is 3.65. The van der Waals surface area contributed by atoms with Crippen LogP contribution in [-0.4, -0.2) is 34.6 Å². The summed E-state index contributed by atoms with van der Waals surface area (Å²) in [6, 6.07) is 7.20. The first-order valence-corrected chi connectivity index (χ1v) is 6.82. The van der Waals surface area contributed by atoms with Gasteiger partial charge in [0.25, 0.3) is 0 Å². The van der Waals surface area contributed by atoms with Crippen LogP contribution in [0.4, 0.5) is 0 Å². The summed E-state index contributed by atoms with van der Waals surface area (Å²) < 4.78 is 2.05. The predicted octanol–water partition coefficient (Wildman–Crippen LogP) is 2.30. The van der Waals surface area contributed by atoms with Crippen molar-refractivity contribution in [2.24, 2.45) is 12.8 Å².